The van der Waals surface area contributed by atoms with Crippen LogP contribution in [-0.4, -0.2) is 35.0 Å². The average Bonchev–Trinajstić information content (AvgIpc) is 3.17. The topological polar surface area (TPSA) is 88.1 Å². The molecule has 184 valence electrons. The molecule has 0 saturated carbocycles. The first-order valence-electron chi connectivity index (χ1n) is 10.9. The first-order valence-corrected chi connectivity index (χ1v) is 11.7. The lowest BCUT2D eigenvalue weighted by Crippen LogP contribution is -3.00. The van der Waals surface area contributed by atoms with Crippen molar-refractivity contribution in [3.8, 4) is 0 Å². The van der Waals surface area contributed by atoms with Crippen LogP contribution in [0, 0.1) is 0 Å². The Balaban J connectivity index is 0.00000361. The van der Waals surface area contributed by atoms with E-state index in [9.17, 15) is 14.4 Å². The number of halogens is 1. The lowest BCUT2D eigenvalue weighted by molar-refractivity contribution is -0.123. The first-order chi connectivity index (χ1) is 17.0. The van der Waals surface area contributed by atoms with Crippen LogP contribution in [-0.2, 0) is 27.4 Å². The number of methoxy groups -OCH3 is 1. The Labute approximate surface area is 224 Å². The van der Waals surface area contributed by atoms with Gasteiger partial charge in [0.2, 0.25) is 5.91 Å². The van der Waals surface area contributed by atoms with E-state index in [0.29, 0.717) is 29.5 Å². The molecular formula is C27H23BrN3O4S-. The maximum atomic E-state index is 13.2. The number of esters is 1. The van der Waals surface area contributed by atoms with Crippen LogP contribution in [0.1, 0.15) is 21.5 Å². The molecule has 0 radical (unpaired) electrons. The number of benzene rings is 3. The number of amidine groups is 1. The second-order valence-corrected chi connectivity index (χ2v) is 8.64. The minimum atomic E-state index is -0.459. The smallest absolute Gasteiger partial charge is 0.337 e. The summed E-state index contributed by atoms with van der Waals surface area (Å²) in [4.78, 5) is 44.0. The third-order valence-electron chi connectivity index (χ3n) is 5.15. The van der Waals surface area contributed by atoms with Crippen LogP contribution >= 0.6 is 11.8 Å². The molecule has 1 fully saturated rings. The minimum Gasteiger partial charge on any atom is -1.00 e. The molecule has 0 atom stereocenters. The summed E-state index contributed by atoms with van der Waals surface area (Å²) >= 11 is 1.18. The second-order valence-electron chi connectivity index (χ2n) is 7.63. The molecule has 1 saturated heterocycles. The van der Waals surface area contributed by atoms with Gasteiger partial charge in [-0.2, -0.15) is 0 Å². The van der Waals surface area contributed by atoms with E-state index in [4.69, 9.17) is 0 Å². The van der Waals surface area contributed by atoms with Crippen LogP contribution in [0.4, 0.5) is 5.69 Å². The maximum absolute atomic E-state index is 13.2. The van der Waals surface area contributed by atoms with Gasteiger partial charge in [-0.25, -0.2) is 4.79 Å². The molecule has 1 aliphatic heterocycles. The van der Waals surface area contributed by atoms with Crippen LogP contribution in [0.25, 0.3) is 0 Å². The molecule has 0 aromatic heterocycles. The zero-order valence-corrected chi connectivity index (χ0v) is 21.8. The van der Waals surface area contributed by atoms with E-state index in [1.165, 1.54) is 24.9 Å². The molecule has 0 unspecified atom stereocenters. The Morgan fingerprint density at radius 3 is 2.17 bits per heavy atom. The summed E-state index contributed by atoms with van der Waals surface area (Å²) in [6.45, 7) is 0.780. The highest BCUT2D eigenvalue weighted by Crippen LogP contribution is 2.32. The molecule has 0 aliphatic carbocycles. The molecule has 0 spiro atoms. The summed E-state index contributed by atoms with van der Waals surface area (Å²) in [7, 11) is 1.30. The highest BCUT2D eigenvalue weighted by Gasteiger charge is 2.33. The number of carbonyl (C=O) groups is 3. The number of hydrogen-bond acceptors (Lipinski definition) is 6. The molecular weight excluding hydrogens is 542 g/mol. The van der Waals surface area contributed by atoms with E-state index < -0.39 is 11.9 Å². The minimum absolute atomic E-state index is 0. The molecule has 7 nitrogen and oxygen atoms in total. The summed E-state index contributed by atoms with van der Waals surface area (Å²) in [6, 6.07) is 25.7. The number of nitrogens with zero attached hydrogens (tertiary/aromatic N) is 2. The van der Waals surface area contributed by atoms with E-state index in [-0.39, 0.29) is 27.8 Å². The molecule has 4 rings (SSSR count). The van der Waals surface area contributed by atoms with Crippen molar-refractivity contribution in [3.63, 3.8) is 0 Å². The van der Waals surface area contributed by atoms with Crippen LogP contribution in [0.3, 0.4) is 0 Å². The van der Waals surface area contributed by atoms with Gasteiger partial charge in [0.15, 0.2) is 5.17 Å². The van der Waals surface area contributed by atoms with Gasteiger partial charge in [-0.05, 0) is 47.2 Å². The van der Waals surface area contributed by atoms with Gasteiger partial charge in [-0.15, -0.1) is 0 Å². The predicted octanol–water partition coefficient (Wildman–Crippen LogP) is 1.63. The average molecular weight is 565 g/mol. The van der Waals surface area contributed by atoms with Crippen molar-refractivity contribution in [2.45, 2.75) is 13.1 Å². The fourth-order valence-electron chi connectivity index (χ4n) is 3.38. The zero-order chi connectivity index (χ0) is 24.6. The van der Waals surface area contributed by atoms with Crippen molar-refractivity contribution in [1.29, 1.82) is 0 Å². The highest BCUT2D eigenvalue weighted by molar-refractivity contribution is 8.18. The SMILES string of the molecule is COC(=O)c1ccc(NC(=O)/C=C2/SC(=NCc3ccccc3)N(Cc3ccccc3)C2=O)cc1.[Br-]. The number of nitrogens with one attached hydrogen (secondary N) is 1. The van der Waals surface area contributed by atoms with Gasteiger partial charge in [0.25, 0.3) is 5.91 Å². The predicted molar refractivity (Wildman–Crippen MR) is 137 cm³/mol. The second kappa shape index (κ2) is 12.9. The van der Waals surface area contributed by atoms with Gasteiger partial charge in [0.1, 0.15) is 0 Å². The van der Waals surface area contributed by atoms with Crippen molar-refractivity contribution in [1.82, 2.24) is 4.90 Å². The maximum Gasteiger partial charge on any atom is 0.337 e. The van der Waals surface area contributed by atoms with Crippen LogP contribution in [0.15, 0.2) is 101 Å². The number of ether oxygens (including phenoxy) is 1. The monoisotopic (exact) mass is 564 g/mol. The van der Waals surface area contributed by atoms with E-state index in [0.717, 1.165) is 11.1 Å². The Morgan fingerprint density at radius 1 is 0.944 bits per heavy atom. The van der Waals surface area contributed by atoms with Gasteiger partial charge in [-0.1, -0.05) is 60.7 Å². The molecule has 0 bridgehead atoms. The van der Waals surface area contributed by atoms with E-state index in [1.54, 1.807) is 29.2 Å². The molecule has 1 aliphatic rings. The fourth-order valence-corrected chi connectivity index (χ4v) is 4.33. The van der Waals surface area contributed by atoms with Gasteiger partial charge in [0.05, 0.1) is 30.7 Å². The number of aliphatic imine (C=N–C) groups is 1. The molecule has 3 aromatic rings. The number of thioether (sulfide) groups is 1. The standard InChI is InChI=1S/C27H23N3O4S.BrH/c1-34-26(33)21-12-14-22(15-13-21)29-24(31)16-23-25(32)30(18-20-10-6-3-7-11-20)27(35-23)28-17-19-8-4-2-5-9-19;/h2-16H,17-18H2,1H3,(H,29,31);1H/p-1/b23-16+,28-27?;. The number of hydrogen-bond donors (Lipinski definition) is 1. The molecule has 3 aromatic carbocycles. The Hall–Kier alpha value is -3.69. The summed E-state index contributed by atoms with van der Waals surface area (Å²) < 4.78 is 4.68. The van der Waals surface area contributed by atoms with Crippen LogP contribution < -0.4 is 22.3 Å². The van der Waals surface area contributed by atoms with E-state index in [2.05, 4.69) is 15.0 Å². The van der Waals surface area contributed by atoms with Gasteiger partial charge < -0.3 is 27.0 Å². The summed E-state index contributed by atoms with van der Waals surface area (Å²) in [5.41, 5.74) is 2.86. The largest absolute Gasteiger partial charge is 1.00 e. The van der Waals surface area contributed by atoms with E-state index >= 15 is 0 Å². The molecule has 9 heteroatoms. The lowest BCUT2D eigenvalue weighted by Gasteiger charge is -2.15. The van der Waals surface area contributed by atoms with Gasteiger partial charge in [0, 0.05) is 11.8 Å². The van der Waals surface area contributed by atoms with Crippen molar-refractivity contribution in [3.05, 3.63) is 113 Å². The molecule has 2 amide bonds. The Bertz CT molecular complexity index is 1280. The zero-order valence-electron chi connectivity index (χ0n) is 19.4. The Morgan fingerprint density at radius 2 is 1.56 bits per heavy atom. The highest BCUT2D eigenvalue weighted by atomic mass is 79.9. The Kier molecular flexibility index (Phi) is 9.61. The summed E-state index contributed by atoms with van der Waals surface area (Å²) in [5, 5.41) is 3.26. The normalized spacial score (nSPS) is 15.0. The number of rotatable bonds is 7. The number of carbonyl (C=O) groups excluding carboxylic acids is 3. The molecule has 36 heavy (non-hydrogen) atoms. The van der Waals surface area contributed by atoms with Crippen LogP contribution in [0.2, 0.25) is 0 Å². The van der Waals surface area contributed by atoms with Gasteiger partial charge in [-0.3, -0.25) is 19.5 Å². The van der Waals surface area contributed by atoms with Crippen molar-refractivity contribution < 1.29 is 36.1 Å². The van der Waals surface area contributed by atoms with Gasteiger partial charge >= 0.3 is 5.97 Å². The van der Waals surface area contributed by atoms with Crippen molar-refractivity contribution >= 4 is 40.4 Å². The molecule has 1 N–H and O–H groups in total. The number of amides is 2. The quantitative estimate of drug-likeness (QED) is 0.348. The van der Waals surface area contributed by atoms with E-state index in [1.807, 2.05) is 60.7 Å². The first kappa shape index (κ1) is 26.9. The summed E-state index contributed by atoms with van der Waals surface area (Å²) in [5.74, 6) is -1.18. The van der Waals surface area contributed by atoms with Crippen LogP contribution in [0.5, 0.6) is 0 Å². The molecule has 1 heterocycles. The third kappa shape index (κ3) is 6.93. The summed E-state index contributed by atoms with van der Waals surface area (Å²) in [6.07, 6.45) is 1.28. The van der Waals surface area contributed by atoms with Crippen molar-refractivity contribution in [2.75, 3.05) is 12.4 Å². The third-order valence-corrected chi connectivity index (χ3v) is 6.19. The number of anilines is 1. The fraction of sp³-hybridized carbons (Fsp3) is 0.111. The lowest BCUT2D eigenvalue weighted by atomic mass is 10.2. The van der Waals surface area contributed by atoms with Crippen molar-refractivity contribution in [2.24, 2.45) is 4.99 Å².